The molecule has 18 heavy (non-hydrogen) atoms. The third-order valence-electron chi connectivity index (χ3n) is 2.55. The van der Waals surface area contributed by atoms with Crippen molar-refractivity contribution >= 4 is 46.4 Å². The number of likely N-dealkylation sites (N-methyl/N-ethyl adjacent to an activating group) is 1. The first-order chi connectivity index (χ1) is 8.25. The van der Waals surface area contributed by atoms with E-state index in [4.69, 9.17) is 34.8 Å². The van der Waals surface area contributed by atoms with Crippen LogP contribution in [-0.2, 0) is 4.79 Å². The number of benzene rings is 1. The van der Waals surface area contributed by atoms with Crippen LogP contribution in [0.5, 0.6) is 5.75 Å². The van der Waals surface area contributed by atoms with Crippen molar-refractivity contribution in [2.45, 2.75) is 13.0 Å². The lowest BCUT2D eigenvalue weighted by atomic mass is 10.2. The summed E-state index contributed by atoms with van der Waals surface area (Å²) in [6.07, 6.45) is 0. The molecule has 2 N–H and O–H groups in total. The minimum Gasteiger partial charge on any atom is -0.504 e. The van der Waals surface area contributed by atoms with Crippen molar-refractivity contribution in [1.29, 1.82) is 0 Å². The molecule has 0 aromatic heterocycles. The zero-order valence-corrected chi connectivity index (χ0v) is 12.4. The molecule has 0 bridgehead atoms. The number of hydrogen-bond donors (Lipinski definition) is 2. The van der Waals surface area contributed by atoms with Crippen LogP contribution >= 0.6 is 34.8 Å². The van der Waals surface area contributed by atoms with E-state index in [0.29, 0.717) is 0 Å². The second-order valence-electron chi connectivity index (χ2n) is 4.01. The summed E-state index contributed by atoms with van der Waals surface area (Å²) in [6.45, 7) is 1.71. The number of nitrogens with zero attached hydrogens (tertiary/aromatic N) is 1. The van der Waals surface area contributed by atoms with E-state index < -0.39 is 6.04 Å². The number of phenolic OH excluding ortho intramolecular Hbond substituents is 1. The molecule has 0 aliphatic heterocycles. The Labute approximate surface area is 120 Å². The molecule has 0 saturated heterocycles. The highest BCUT2D eigenvalue weighted by molar-refractivity contribution is 6.46. The molecule has 4 nitrogen and oxygen atoms in total. The van der Waals surface area contributed by atoms with Crippen molar-refractivity contribution in [3.05, 3.63) is 21.1 Å². The lowest BCUT2D eigenvalue weighted by Gasteiger charge is -2.20. The molecular weight excluding hydrogens is 298 g/mol. The minimum atomic E-state index is -0.391. The van der Waals surface area contributed by atoms with E-state index in [0.717, 1.165) is 0 Å². The summed E-state index contributed by atoms with van der Waals surface area (Å²) in [7, 11) is 3.52. The normalized spacial score (nSPS) is 12.6. The van der Waals surface area contributed by atoms with Gasteiger partial charge in [0.2, 0.25) is 5.91 Å². The monoisotopic (exact) mass is 310 g/mol. The van der Waals surface area contributed by atoms with Gasteiger partial charge in [-0.15, -0.1) is 0 Å². The molecule has 0 unspecified atom stereocenters. The lowest BCUT2D eigenvalue weighted by Crippen LogP contribution is -2.37. The van der Waals surface area contributed by atoms with Gasteiger partial charge >= 0.3 is 0 Å². The third kappa shape index (κ3) is 3.20. The Morgan fingerprint density at radius 3 is 2.39 bits per heavy atom. The zero-order valence-electron chi connectivity index (χ0n) is 10.1. The van der Waals surface area contributed by atoms with E-state index in [1.54, 1.807) is 25.9 Å². The smallest absolute Gasteiger partial charge is 0.241 e. The SMILES string of the molecule is C[C@@H](C(=O)Nc1c(O)c(Cl)cc(Cl)c1Cl)N(C)C. The lowest BCUT2D eigenvalue weighted by molar-refractivity contribution is -0.119. The van der Waals surface area contributed by atoms with Gasteiger partial charge in [-0.05, 0) is 27.1 Å². The molecule has 1 atom stereocenters. The van der Waals surface area contributed by atoms with Crippen molar-refractivity contribution in [3.63, 3.8) is 0 Å². The number of carbonyl (C=O) groups excluding carboxylic acids is 1. The molecule has 0 spiro atoms. The van der Waals surface area contributed by atoms with Crippen LogP contribution in [0.2, 0.25) is 15.1 Å². The number of aromatic hydroxyl groups is 1. The molecule has 1 rings (SSSR count). The first-order valence-corrected chi connectivity index (χ1v) is 6.22. The summed E-state index contributed by atoms with van der Waals surface area (Å²) in [5, 5.41) is 12.5. The molecule has 0 aliphatic rings. The molecule has 1 amide bonds. The fraction of sp³-hybridized carbons (Fsp3) is 0.364. The fourth-order valence-corrected chi connectivity index (χ4v) is 1.82. The number of halogens is 3. The van der Waals surface area contributed by atoms with Gasteiger partial charge in [-0.1, -0.05) is 34.8 Å². The molecule has 0 radical (unpaired) electrons. The van der Waals surface area contributed by atoms with Crippen LogP contribution in [0.3, 0.4) is 0 Å². The Hall–Kier alpha value is -0.680. The number of phenols is 1. The second kappa shape index (κ2) is 5.97. The van der Waals surface area contributed by atoms with Gasteiger partial charge in [0.1, 0.15) is 5.69 Å². The van der Waals surface area contributed by atoms with Gasteiger partial charge in [0.05, 0.1) is 21.1 Å². The van der Waals surface area contributed by atoms with Crippen LogP contribution in [0.4, 0.5) is 5.69 Å². The molecule has 1 aromatic rings. The maximum atomic E-state index is 11.9. The third-order valence-corrected chi connectivity index (χ3v) is 3.62. The molecule has 0 fully saturated rings. The fourth-order valence-electron chi connectivity index (χ4n) is 1.16. The van der Waals surface area contributed by atoms with Crippen molar-refractivity contribution in [1.82, 2.24) is 4.90 Å². The van der Waals surface area contributed by atoms with E-state index in [-0.39, 0.29) is 32.4 Å². The number of carbonyl (C=O) groups is 1. The predicted molar refractivity (Wildman–Crippen MR) is 74.9 cm³/mol. The first-order valence-electron chi connectivity index (χ1n) is 5.09. The van der Waals surface area contributed by atoms with E-state index in [9.17, 15) is 9.90 Å². The number of hydrogen-bond acceptors (Lipinski definition) is 3. The van der Waals surface area contributed by atoms with Crippen LogP contribution in [-0.4, -0.2) is 36.1 Å². The molecule has 0 saturated carbocycles. The Morgan fingerprint density at radius 2 is 1.89 bits per heavy atom. The first kappa shape index (κ1) is 15.4. The standard InChI is InChI=1S/C11H13Cl3N2O2/c1-5(16(2)3)11(18)15-9-8(14)6(12)4-7(13)10(9)17/h4-5,17H,1-3H3,(H,15,18)/t5-/m0/s1. The number of anilines is 1. The van der Waals surface area contributed by atoms with Crippen LogP contribution in [0.1, 0.15) is 6.92 Å². The second-order valence-corrected chi connectivity index (χ2v) is 5.20. The quantitative estimate of drug-likeness (QED) is 0.665. The average Bonchev–Trinajstić information content (AvgIpc) is 2.30. The summed E-state index contributed by atoms with van der Waals surface area (Å²) in [4.78, 5) is 13.6. The van der Waals surface area contributed by atoms with Crippen LogP contribution in [0.25, 0.3) is 0 Å². The average molecular weight is 312 g/mol. The summed E-state index contributed by atoms with van der Waals surface area (Å²) in [5.41, 5.74) is 0.0212. The van der Waals surface area contributed by atoms with Crippen molar-refractivity contribution in [2.75, 3.05) is 19.4 Å². The zero-order chi connectivity index (χ0) is 14.0. The van der Waals surface area contributed by atoms with Gasteiger partial charge in [-0.25, -0.2) is 0 Å². The number of nitrogens with one attached hydrogen (secondary N) is 1. The van der Waals surface area contributed by atoms with Crippen molar-refractivity contribution in [3.8, 4) is 5.75 Å². The largest absolute Gasteiger partial charge is 0.504 e. The van der Waals surface area contributed by atoms with E-state index in [1.807, 2.05) is 0 Å². The molecular formula is C11H13Cl3N2O2. The highest BCUT2D eigenvalue weighted by atomic mass is 35.5. The highest BCUT2D eigenvalue weighted by Crippen LogP contribution is 2.42. The minimum absolute atomic E-state index is 0.0212. The molecule has 0 aliphatic carbocycles. The summed E-state index contributed by atoms with van der Waals surface area (Å²) in [5.74, 6) is -0.624. The summed E-state index contributed by atoms with van der Waals surface area (Å²) >= 11 is 17.5. The molecule has 1 aromatic carbocycles. The van der Waals surface area contributed by atoms with Crippen molar-refractivity contribution < 1.29 is 9.90 Å². The van der Waals surface area contributed by atoms with Crippen LogP contribution in [0.15, 0.2) is 6.07 Å². The molecule has 0 heterocycles. The Bertz CT molecular complexity index is 452. The Morgan fingerprint density at radius 1 is 1.33 bits per heavy atom. The molecule has 7 heteroatoms. The topological polar surface area (TPSA) is 52.6 Å². The van der Waals surface area contributed by atoms with E-state index in [2.05, 4.69) is 5.32 Å². The van der Waals surface area contributed by atoms with Crippen LogP contribution < -0.4 is 5.32 Å². The maximum Gasteiger partial charge on any atom is 0.241 e. The van der Waals surface area contributed by atoms with Gasteiger partial charge in [0.25, 0.3) is 0 Å². The van der Waals surface area contributed by atoms with Gasteiger partial charge in [-0.2, -0.15) is 0 Å². The van der Waals surface area contributed by atoms with Gasteiger partial charge in [0, 0.05) is 0 Å². The van der Waals surface area contributed by atoms with E-state index in [1.165, 1.54) is 6.07 Å². The highest BCUT2D eigenvalue weighted by Gasteiger charge is 2.20. The van der Waals surface area contributed by atoms with Gasteiger partial charge < -0.3 is 10.4 Å². The van der Waals surface area contributed by atoms with E-state index >= 15 is 0 Å². The number of rotatable bonds is 3. The molecule has 100 valence electrons. The Balaban J connectivity index is 3.08. The van der Waals surface area contributed by atoms with Gasteiger partial charge in [0.15, 0.2) is 5.75 Å². The summed E-state index contributed by atoms with van der Waals surface area (Å²) in [6, 6.07) is 0.921. The van der Waals surface area contributed by atoms with Crippen LogP contribution in [0, 0.1) is 0 Å². The Kier molecular flexibility index (Phi) is 5.10. The number of amides is 1. The van der Waals surface area contributed by atoms with Crippen molar-refractivity contribution in [2.24, 2.45) is 0 Å². The summed E-state index contributed by atoms with van der Waals surface area (Å²) < 4.78 is 0. The maximum absolute atomic E-state index is 11.9. The predicted octanol–water partition coefficient (Wildman–Crippen LogP) is 3.24. The van der Waals surface area contributed by atoms with Gasteiger partial charge in [-0.3, -0.25) is 9.69 Å².